The maximum Gasteiger partial charge on any atom is 0.179 e. The van der Waals surface area contributed by atoms with E-state index in [0.717, 1.165) is 17.1 Å². The molecule has 0 aliphatic carbocycles. The molecule has 0 N–H and O–H groups in total. The van der Waals surface area contributed by atoms with Gasteiger partial charge in [0.05, 0.1) is 33.1 Å². The van der Waals surface area contributed by atoms with Crippen molar-refractivity contribution in [1.29, 1.82) is 0 Å². The molecule has 4 heteroatoms. The van der Waals surface area contributed by atoms with E-state index in [1.54, 1.807) is 0 Å². The quantitative estimate of drug-likeness (QED) is 0.107. The highest BCUT2D eigenvalue weighted by Crippen LogP contribution is 2.42. The van der Waals surface area contributed by atoms with Crippen LogP contribution in [-0.2, 0) is 0 Å². The third kappa shape index (κ3) is 6.00. The van der Waals surface area contributed by atoms with Gasteiger partial charge in [-0.3, -0.25) is 0 Å². The van der Waals surface area contributed by atoms with E-state index in [1.807, 2.05) is 0 Å². The second kappa shape index (κ2) is 16.1. The molecule has 0 spiro atoms. The Bertz CT molecular complexity index is 4170. The summed E-state index contributed by atoms with van der Waals surface area (Å²) in [5.74, 6) is 0. The van der Waals surface area contributed by atoms with Crippen LogP contribution in [0.2, 0.25) is 0 Å². The summed E-state index contributed by atoms with van der Waals surface area (Å²) in [5.41, 5.74) is 13.0. The van der Waals surface area contributed by atoms with Crippen molar-refractivity contribution in [1.82, 2.24) is 13.7 Å². The standard InChI is InChI=1S/C66H45N3Si/c1-5-20-47(21-6-1)69-63-35-18-14-29-56(63)59-32-19-31-54(66(59)69)46-36-42-58-55-28-13-16-33-61(55)68(65(58)44-46)49-39-43-64-60(45-49)57-30-15-17-34-62(57)67(64)48-37-40-53(41-38-48)70(50-22-7-2-8-23-50,51-24-9-3-10-25-51)52-26-11-4-12-27-52/h1-45H. The minimum atomic E-state index is -2.68. The minimum absolute atomic E-state index is 1.13. The van der Waals surface area contributed by atoms with E-state index < -0.39 is 8.07 Å². The van der Waals surface area contributed by atoms with Crippen molar-refractivity contribution in [2.45, 2.75) is 0 Å². The van der Waals surface area contributed by atoms with Crippen molar-refractivity contribution in [3.8, 4) is 28.2 Å². The van der Waals surface area contributed by atoms with Crippen molar-refractivity contribution in [2.24, 2.45) is 0 Å². The van der Waals surface area contributed by atoms with Crippen LogP contribution >= 0.6 is 0 Å². The lowest BCUT2D eigenvalue weighted by atomic mass is 10.00. The number of aromatic nitrogens is 3. The molecule has 14 rings (SSSR count). The van der Waals surface area contributed by atoms with E-state index in [1.165, 1.54) is 97.3 Å². The molecule has 14 aromatic rings. The molecule has 0 saturated carbocycles. The first-order valence-electron chi connectivity index (χ1n) is 24.2. The molecule has 0 saturated heterocycles. The van der Waals surface area contributed by atoms with Crippen LogP contribution in [0.3, 0.4) is 0 Å². The molecule has 3 aromatic heterocycles. The lowest BCUT2D eigenvalue weighted by Gasteiger charge is -2.34. The van der Waals surface area contributed by atoms with E-state index in [-0.39, 0.29) is 0 Å². The lowest BCUT2D eigenvalue weighted by molar-refractivity contribution is 1.17. The molecule has 0 atom stereocenters. The van der Waals surface area contributed by atoms with E-state index in [4.69, 9.17) is 0 Å². The van der Waals surface area contributed by atoms with Gasteiger partial charge in [-0.25, -0.2) is 0 Å². The molecule has 70 heavy (non-hydrogen) atoms. The summed E-state index contributed by atoms with van der Waals surface area (Å²) in [6, 6.07) is 101. The van der Waals surface area contributed by atoms with Gasteiger partial charge in [0.1, 0.15) is 0 Å². The highest BCUT2D eigenvalue weighted by Gasteiger charge is 2.41. The van der Waals surface area contributed by atoms with Crippen molar-refractivity contribution in [2.75, 3.05) is 0 Å². The third-order valence-electron chi connectivity index (χ3n) is 14.8. The second-order valence-corrected chi connectivity index (χ2v) is 22.2. The van der Waals surface area contributed by atoms with Gasteiger partial charge in [-0.15, -0.1) is 0 Å². The largest absolute Gasteiger partial charge is 0.309 e. The monoisotopic (exact) mass is 907 g/mol. The fourth-order valence-electron chi connectivity index (χ4n) is 11.8. The Morgan fingerprint density at radius 2 is 0.643 bits per heavy atom. The Morgan fingerprint density at radius 1 is 0.229 bits per heavy atom. The van der Waals surface area contributed by atoms with Crippen LogP contribution in [-0.4, -0.2) is 21.8 Å². The molecule has 0 radical (unpaired) electrons. The number of hydrogen-bond acceptors (Lipinski definition) is 0. The van der Waals surface area contributed by atoms with Crippen molar-refractivity contribution in [3.63, 3.8) is 0 Å². The molecule has 11 aromatic carbocycles. The summed E-state index contributed by atoms with van der Waals surface area (Å²) in [7, 11) is -2.68. The fraction of sp³-hybridized carbons (Fsp3) is 0. The van der Waals surface area contributed by atoms with Crippen LogP contribution in [0, 0.1) is 0 Å². The molecule has 328 valence electrons. The van der Waals surface area contributed by atoms with E-state index in [0.29, 0.717) is 0 Å². The maximum atomic E-state index is 2.47. The van der Waals surface area contributed by atoms with Gasteiger partial charge in [0.15, 0.2) is 8.07 Å². The van der Waals surface area contributed by atoms with Gasteiger partial charge in [-0.2, -0.15) is 0 Å². The Labute approximate surface area is 407 Å². The van der Waals surface area contributed by atoms with Gasteiger partial charge >= 0.3 is 0 Å². The molecular weight excluding hydrogens is 863 g/mol. The maximum absolute atomic E-state index is 2.68. The fourth-order valence-corrected chi connectivity index (χ4v) is 16.6. The zero-order valence-corrected chi connectivity index (χ0v) is 39.3. The second-order valence-electron chi connectivity index (χ2n) is 18.4. The van der Waals surface area contributed by atoms with Crippen LogP contribution in [0.4, 0.5) is 0 Å². The van der Waals surface area contributed by atoms with E-state index in [9.17, 15) is 0 Å². The van der Waals surface area contributed by atoms with Gasteiger partial charge in [0, 0.05) is 54.9 Å². The zero-order valence-electron chi connectivity index (χ0n) is 38.3. The number of benzene rings is 11. The summed E-state index contributed by atoms with van der Waals surface area (Å²) in [4.78, 5) is 0. The average molecular weight is 908 g/mol. The highest BCUT2D eigenvalue weighted by atomic mass is 28.3. The first-order valence-corrected chi connectivity index (χ1v) is 26.2. The predicted octanol–water partition coefficient (Wildman–Crippen LogP) is 14.0. The Morgan fingerprint density at radius 3 is 1.24 bits per heavy atom. The number of fused-ring (bicyclic) bond motifs is 9. The summed E-state index contributed by atoms with van der Waals surface area (Å²) in [6.45, 7) is 0. The number of nitrogens with zero attached hydrogens (tertiary/aromatic N) is 3. The predicted molar refractivity (Wildman–Crippen MR) is 299 cm³/mol. The molecule has 0 amide bonds. The minimum Gasteiger partial charge on any atom is -0.309 e. The van der Waals surface area contributed by atoms with Crippen LogP contribution in [0.25, 0.3) is 93.6 Å². The summed E-state index contributed by atoms with van der Waals surface area (Å²) < 4.78 is 7.36. The Balaban J connectivity index is 0.946. The average Bonchev–Trinajstić information content (AvgIpc) is 4.08. The molecule has 3 nitrogen and oxygen atoms in total. The number of rotatable bonds is 8. The van der Waals surface area contributed by atoms with Gasteiger partial charge in [0.25, 0.3) is 0 Å². The lowest BCUT2D eigenvalue weighted by Crippen LogP contribution is -2.74. The first kappa shape index (κ1) is 40.1. The van der Waals surface area contributed by atoms with E-state index in [2.05, 4.69) is 287 Å². The van der Waals surface area contributed by atoms with Gasteiger partial charge in [0.2, 0.25) is 0 Å². The Kier molecular flexibility index (Phi) is 9.23. The van der Waals surface area contributed by atoms with Crippen molar-refractivity contribution < 1.29 is 0 Å². The topological polar surface area (TPSA) is 14.8 Å². The smallest absolute Gasteiger partial charge is 0.179 e. The normalized spacial score (nSPS) is 12.0. The van der Waals surface area contributed by atoms with Gasteiger partial charge in [-0.1, -0.05) is 206 Å². The summed E-state index contributed by atoms with van der Waals surface area (Å²) in [5, 5.41) is 12.9. The van der Waals surface area contributed by atoms with Gasteiger partial charge in [-0.05, 0) is 93.0 Å². The molecule has 0 unspecified atom stereocenters. The summed E-state index contributed by atoms with van der Waals surface area (Å²) in [6.07, 6.45) is 0. The molecular formula is C66H45N3Si. The number of para-hydroxylation sites is 5. The zero-order chi connectivity index (χ0) is 46.2. The van der Waals surface area contributed by atoms with Crippen LogP contribution in [0.1, 0.15) is 0 Å². The summed E-state index contributed by atoms with van der Waals surface area (Å²) >= 11 is 0. The molecule has 0 aliphatic heterocycles. The SMILES string of the molecule is c1ccc(-n2c3ccccc3c3cccc(-c4ccc5c6ccccc6n(-c6ccc7c(c6)c6ccccc6n7-c6ccc([Si](c7ccccc7)(c7ccccc7)c7ccccc7)cc6)c5c4)c32)cc1. The first-order chi connectivity index (χ1) is 34.8. The van der Waals surface area contributed by atoms with Crippen LogP contribution in [0.5, 0.6) is 0 Å². The molecule has 0 bridgehead atoms. The van der Waals surface area contributed by atoms with Crippen molar-refractivity contribution >= 4 is 94.2 Å². The number of hydrogen-bond donors (Lipinski definition) is 0. The molecule has 0 fully saturated rings. The molecule has 0 aliphatic rings. The van der Waals surface area contributed by atoms with Crippen LogP contribution in [0.15, 0.2) is 273 Å². The van der Waals surface area contributed by atoms with Gasteiger partial charge < -0.3 is 13.7 Å². The van der Waals surface area contributed by atoms with Crippen molar-refractivity contribution in [3.05, 3.63) is 273 Å². The highest BCUT2D eigenvalue weighted by molar-refractivity contribution is 7.19. The third-order valence-corrected chi connectivity index (χ3v) is 19.6. The van der Waals surface area contributed by atoms with E-state index >= 15 is 0 Å². The Hall–Kier alpha value is -8.96. The molecule has 3 heterocycles. The van der Waals surface area contributed by atoms with Crippen LogP contribution < -0.4 is 20.7 Å².